The zero-order valence-electron chi connectivity index (χ0n) is 7.10. The Bertz CT molecular complexity index is 274. The number of alkyl halides is 3. The minimum absolute atomic E-state index is 0.525. The van der Waals surface area contributed by atoms with Gasteiger partial charge in [-0.05, 0) is 19.8 Å². The SMILES string of the molecule is C/C1=C/N=C(C(F)(F)F)\N=C/CC1. The molecule has 0 spiro atoms. The zero-order chi connectivity index (χ0) is 9.90. The van der Waals surface area contributed by atoms with E-state index in [1.807, 2.05) is 0 Å². The van der Waals surface area contributed by atoms with E-state index < -0.39 is 12.0 Å². The topological polar surface area (TPSA) is 24.7 Å². The fourth-order valence-electron chi connectivity index (χ4n) is 0.859. The minimum Gasteiger partial charge on any atom is -0.237 e. The van der Waals surface area contributed by atoms with E-state index in [0.29, 0.717) is 12.8 Å². The zero-order valence-corrected chi connectivity index (χ0v) is 7.10. The third-order valence-corrected chi connectivity index (χ3v) is 1.54. The Morgan fingerprint density at radius 1 is 1.38 bits per heavy atom. The molecule has 0 atom stereocenters. The smallest absolute Gasteiger partial charge is 0.237 e. The molecule has 0 aliphatic carbocycles. The number of allylic oxidation sites excluding steroid dienone is 1. The number of hydrogen-bond acceptors (Lipinski definition) is 2. The Labute approximate surface area is 73.9 Å². The summed E-state index contributed by atoms with van der Waals surface area (Å²) in [5.74, 6) is -1.08. The van der Waals surface area contributed by atoms with Crippen molar-refractivity contribution in [1.29, 1.82) is 0 Å². The molecule has 0 saturated heterocycles. The predicted molar refractivity (Wildman–Crippen MR) is 45.0 cm³/mol. The molecule has 0 unspecified atom stereocenters. The molecule has 1 heterocycles. The maximum absolute atomic E-state index is 12.1. The van der Waals surface area contributed by atoms with E-state index in [2.05, 4.69) is 9.98 Å². The molecular weight excluding hydrogens is 181 g/mol. The lowest BCUT2D eigenvalue weighted by atomic mass is 10.2. The standard InChI is InChI=1S/C8H9F3N2/c1-6-3-2-4-12-7(13-5-6)8(9,10)11/h4-5H,2-3H2,1H3/b6-5-,12-4-,13-7-. The van der Waals surface area contributed by atoms with Crippen molar-refractivity contribution in [1.82, 2.24) is 0 Å². The molecule has 0 fully saturated rings. The summed E-state index contributed by atoms with van der Waals surface area (Å²) < 4.78 is 36.3. The second kappa shape index (κ2) is 3.72. The highest BCUT2D eigenvalue weighted by atomic mass is 19.4. The molecule has 0 saturated carbocycles. The average molecular weight is 190 g/mol. The van der Waals surface area contributed by atoms with E-state index in [0.717, 1.165) is 5.57 Å². The van der Waals surface area contributed by atoms with Crippen molar-refractivity contribution in [3.05, 3.63) is 11.8 Å². The van der Waals surface area contributed by atoms with Gasteiger partial charge in [-0.1, -0.05) is 5.57 Å². The molecule has 1 aliphatic heterocycles. The highest BCUT2D eigenvalue weighted by Crippen LogP contribution is 2.19. The number of hydrogen-bond donors (Lipinski definition) is 0. The molecule has 0 amide bonds. The van der Waals surface area contributed by atoms with E-state index >= 15 is 0 Å². The normalized spacial score (nSPS) is 29.2. The van der Waals surface area contributed by atoms with Crippen LogP contribution in [0, 0.1) is 0 Å². The number of amidine groups is 1. The van der Waals surface area contributed by atoms with Gasteiger partial charge in [0.05, 0.1) is 0 Å². The van der Waals surface area contributed by atoms with Gasteiger partial charge in [-0.3, -0.25) is 0 Å². The average Bonchev–Trinajstić information content (AvgIpc) is 1.94. The molecule has 0 aromatic rings. The molecular formula is C8H9F3N2. The van der Waals surface area contributed by atoms with Crippen LogP contribution in [0.1, 0.15) is 19.8 Å². The summed E-state index contributed by atoms with van der Waals surface area (Å²) in [4.78, 5) is 6.51. The third-order valence-electron chi connectivity index (χ3n) is 1.54. The molecule has 1 aliphatic rings. The Morgan fingerprint density at radius 2 is 2.08 bits per heavy atom. The van der Waals surface area contributed by atoms with E-state index in [9.17, 15) is 13.2 Å². The third kappa shape index (κ3) is 3.01. The lowest BCUT2D eigenvalue weighted by Crippen LogP contribution is -2.21. The number of nitrogens with zero attached hydrogens (tertiary/aromatic N) is 2. The van der Waals surface area contributed by atoms with Crippen molar-refractivity contribution < 1.29 is 13.2 Å². The van der Waals surface area contributed by atoms with Gasteiger partial charge >= 0.3 is 6.18 Å². The molecule has 2 nitrogen and oxygen atoms in total. The molecule has 0 bridgehead atoms. The molecule has 0 aromatic heterocycles. The van der Waals surface area contributed by atoms with Crippen molar-refractivity contribution in [2.24, 2.45) is 9.98 Å². The molecule has 0 radical (unpaired) electrons. The molecule has 1 rings (SSSR count). The van der Waals surface area contributed by atoms with E-state index in [-0.39, 0.29) is 0 Å². The Hall–Kier alpha value is -1.13. The van der Waals surface area contributed by atoms with Crippen LogP contribution in [0.25, 0.3) is 0 Å². The van der Waals surface area contributed by atoms with Gasteiger partial charge in [0, 0.05) is 12.4 Å². The van der Waals surface area contributed by atoms with Gasteiger partial charge in [0.15, 0.2) is 0 Å². The molecule has 0 N–H and O–H groups in total. The van der Waals surface area contributed by atoms with Crippen molar-refractivity contribution in [2.75, 3.05) is 0 Å². The van der Waals surface area contributed by atoms with Crippen LogP contribution in [0.3, 0.4) is 0 Å². The van der Waals surface area contributed by atoms with Crippen LogP contribution in [-0.4, -0.2) is 18.2 Å². The predicted octanol–water partition coefficient (Wildman–Crippen LogP) is 2.72. The summed E-state index contributed by atoms with van der Waals surface area (Å²) in [7, 11) is 0. The van der Waals surface area contributed by atoms with E-state index in [1.165, 1.54) is 12.4 Å². The molecule has 13 heavy (non-hydrogen) atoms. The highest BCUT2D eigenvalue weighted by Gasteiger charge is 2.35. The number of rotatable bonds is 0. The van der Waals surface area contributed by atoms with Gasteiger partial charge in [0.1, 0.15) is 0 Å². The van der Waals surface area contributed by atoms with Crippen molar-refractivity contribution in [2.45, 2.75) is 25.9 Å². The lowest BCUT2D eigenvalue weighted by molar-refractivity contribution is -0.0596. The first-order valence-corrected chi connectivity index (χ1v) is 3.83. The van der Waals surface area contributed by atoms with E-state index in [4.69, 9.17) is 0 Å². The van der Waals surface area contributed by atoms with Gasteiger partial charge in [-0.2, -0.15) is 13.2 Å². The highest BCUT2D eigenvalue weighted by molar-refractivity contribution is 5.94. The Morgan fingerprint density at radius 3 is 2.69 bits per heavy atom. The maximum Gasteiger partial charge on any atom is 0.451 e. The monoisotopic (exact) mass is 190 g/mol. The fourth-order valence-corrected chi connectivity index (χ4v) is 0.859. The summed E-state index contributed by atoms with van der Waals surface area (Å²) in [6.45, 7) is 1.75. The van der Waals surface area contributed by atoms with Crippen LogP contribution in [0.2, 0.25) is 0 Å². The van der Waals surface area contributed by atoms with Crippen molar-refractivity contribution in [3.8, 4) is 0 Å². The summed E-state index contributed by atoms with van der Waals surface area (Å²) in [5.41, 5.74) is 0.827. The van der Waals surface area contributed by atoms with Gasteiger partial charge in [-0.25, -0.2) is 9.98 Å². The Balaban J connectivity index is 2.93. The van der Waals surface area contributed by atoms with Gasteiger partial charge in [0.2, 0.25) is 5.84 Å². The van der Waals surface area contributed by atoms with Crippen molar-refractivity contribution >= 4 is 12.1 Å². The van der Waals surface area contributed by atoms with Gasteiger partial charge in [0.25, 0.3) is 0 Å². The quantitative estimate of drug-likeness (QED) is 0.561. The second-order valence-corrected chi connectivity index (χ2v) is 2.78. The molecule has 5 heteroatoms. The maximum atomic E-state index is 12.1. The molecule has 72 valence electrons. The number of aliphatic imine (C=N–C) groups is 2. The fraction of sp³-hybridized carbons (Fsp3) is 0.500. The summed E-state index contributed by atoms with van der Waals surface area (Å²) >= 11 is 0. The first kappa shape index (κ1) is 9.95. The van der Waals surface area contributed by atoms with Crippen LogP contribution in [0.15, 0.2) is 21.8 Å². The van der Waals surface area contributed by atoms with Crippen LogP contribution in [0.5, 0.6) is 0 Å². The van der Waals surface area contributed by atoms with Crippen molar-refractivity contribution in [3.63, 3.8) is 0 Å². The minimum atomic E-state index is -4.45. The van der Waals surface area contributed by atoms with Gasteiger partial charge < -0.3 is 0 Å². The van der Waals surface area contributed by atoms with Gasteiger partial charge in [-0.15, -0.1) is 0 Å². The summed E-state index contributed by atoms with van der Waals surface area (Å²) in [5, 5.41) is 0. The summed E-state index contributed by atoms with van der Waals surface area (Å²) in [6.07, 6.45) is -0.748. The summed E-state index contributed by atoms with van der Waals surface area (Å²) in [6, 6.07) is 0. The molecule has 0 aromatic carbocycles. The van der Waals surface area contributed by atoms with Crippen LogP contribution >= 0.6 is 0 Å². The first-order valence-electron chi connectivity index (χ1n) is 3.83. The van der Waals surface area contributed by atoms with E-state index in [1.54, 1.807) is 6.92 Å². The first-order chi connectivity index (χ1) is 6.00. The van der Waals surface area contributed by atoms with Crippen LogP contribution < -0.4 is 0 Å². The van der Waals surface area contributed by atoms with Crippen LogP contribution in [-0.2, 0) is 0 Å². The number of halogens is 3. The largest absolute Gasteiger partial charge is 0.451 e. The Kier molecular flexibility index (Phi) is 2.85. The van der Waals surface area contributed by atoms with Crippen LogP contribution in [0.4, 0.5) is 13.2 Å². The lowest BCUT2D eigenvalue weighted by Gasteiger charge is -2.06. The second-order valence-electron chi connectivity index (χ2n) is 2.78.